The normalized spacial score (nSPS) is 32.7. The Morgan fingerprint density at radius 1 is 1.38 bits per heavy atom. The number of hydrogen-bond donors (Lipinski definition) is 1. The van der Waals surface area contributed by atoms with Crippen molar-refractivity contribution in [1.29, 1.82) is 0 Å². The standard InChI is InChI=1S/C12H21NO3/c1-2-15-6-7-16-12(14)11-10-5-3-4-9(10)8-13-11/h9-11,13H,2-8H2,1H3. The van der Waals surface area contributed by atoms with E-state index in [0.717, 1.165) is 6.54 Å². The zero-order valence-corrected chi connectivity index (χ0v) is 9.91. The lowest BCUT2D eigenvalue weighted by molar-refractivity contribution is -0.148. The first-order chi connectivity index (χ1) is 7.83. The summed E-state index contributed by atoms with van der Waals surface area (Å²) in [6.07, 6.45) is 3.70. The van der Waals surface area contributed by atoms with Crippen molar-refractivity contribution in [2.24, 2.45) is 11.8 Å². The number of carbonyl (C=O) groups excluding carboxylic acids is 1. The molecule has 1 aliphatic heterocycles. The minimum absolute atomic E-state index is 0.0610. The van der Waals surface area contributed by atoms with Crippen molar-refractivity contribution in [3.8, 4) is 0 Å². The summed E-state index contributed by atoms with van der Waals surface area (Å²) in [6, 6.07) is -0.0610. The van der Waals surface area contributed by atoms with Crippen LogP contribution < -0.4 is 5.32 Å². The van der Waals surface area contributed by atoms with E-state index in [9.17, 15) is 4.79 Å². The van der Waals surface area contributed by atoms with Crippen molar-refractivity contribution in [2.45, 2.75) is 32.2 Å². The minimum atomic E-state index is -0.0888. The number of nitrogens with one attached hydrogen (secondary N) is 1. The molecular formula is C12H21NO3. The number of fused-ring (bicyclic) bond motifs is 1. The van der Waals surface area contributed by atoms with E-state index in [0.29, 0.717) is 31.7 Å². The molecule has 0 radical (unpaired) electrons. The van der Waals surface area contributed by atoms with Crippen LogP contribution in [0, 0.1) is 11.8 Å². The topological polar surface area (TPSA) is 47.6 Å². The number of rotatable bonds is 5. The Balaban J connectivity index is 1.72. The van der Waals surface area contributed by atoms with Gasteiger partial charge in [0.25, 0.3) is 0 Å². The lowest BCUT2D eigenvalue weighted by Crippen LogP contribution is -2.37. The highest BCUT2D eigenvalue weighted by molar-refractivity contribution is 5.76. The highest BCUT2D eigenvalue weighted by Crippen LogP contribution is 2.37. The Morgan fingerprint density at radius 3 is 3.06 bits per heavy atom. The highest BCUT2D eigenvalue weighted by Gasteiger charge is 2.43. The molecule has 3 unspecified atom stereocenters. The van der Waals surface area contributed by atoms with Crippen LogP contribution in [-0.4, -0.2) is 38.4 Å². The summed E-state index contributed by atoms with van der Waals surface area (Å²) in [4.78, 5) is 11.8. The van der Waals surface area contributed by atoms with Crippen LogP contribution in [0.1, 0.15) is 26.2 Å². The van der Waals surface area contributed by atoms with Crippen LogP contribution in [0.3, 0.4) is 0 Å². The summed E-state index contributed by atoms with van der Waals surface area (Å²) in [5, 5.41) is 3.28. The van der Waals surface area contributed by atoms with Gasteiger partial charge >= 0.3 is 5.97 Å². The summed E-state index contributed by atoms with van der Waals surface area (Å²) in [7, 11) is 0. The van der Waals surface area contributed by atoms with Gasteiger partial charge in [-0.3, -0.25) is 4.79 Å². The van der Waals surface area contributed by atoms with Crippen molar-refractivity contribution in [3.05, 3.63) is 0 Å². The van der Waals surface area contributed by atoms with Gasteiger partial charge in [-0.25, -0.2) is 0 Å². The molecule has 1 saturated carbocycles. The quantitative estimate of drug-likeness (QED) is 0.561. The predicted molar refractivity (Wildman–Crippen MR) is 60.1 cm³/mol. The zero-order valence-electron chi connectivity index (χ0n) is 9.91. The summed E-state index contributed by atoms with van der Waals surface area (Å²) < 4.78 is 10.3. The molecule has 4 heteroatoms. The Bertz CT molecular complexity index is 244. The van der Waals surface area contributed by atoms with Crippen LogP contribution >= 0.6 is 0 Å². The van der Waals surface area contributed by atoms with Gasteiger partial charge in [0.05, 0.1) is 6.61 Å². The van der Waals surface area contributed by atoms with Gasteiger partial charge in [-0.2, -0.15) is 0 Å². The van der Waals surface area contributed by atoms with E-state index in [1.165, 1.54) is 19.3 Å². The third kappa shape index (κ3) is 2.55. The summed E-state index contributed by atoms with van der Waals surface area (Å²) in [5.41, 5.74) is 0. The van der Waals surface area contributed by atoms with Gasteiger partial charge in [-0.1, -0.05) is 6.42 Å². The molecular weight excluding hydrogens is 206 g/mol. The number of ether oxygens (including phenoxy) is 2. The number of esters is 1. The van der Waals surface area contributed by atoms with Gasteiger partial charge in [0, 0.05) is 6.61 Å². The minimum Gasteiger partial charge on any atom is -0.462 e. The fourth-order valence-corrected chi connectivity index (χ4v) is 2.88. The first kappa shape index (κ1) is 11.9. The molecule has 92 valence electrons. The molecule has 1 heterocycles. The van der Waals surface area contributed by atoms with E-state index in [1.807, 2.05) is 6.92 Å². The molecule has 3 atom stereocenters. The smallest absolute Gasteiger partial charge is 0.323 e. The molecule has 1 aliphatic carbocycles. The van der Waals surface area contributed by atoms with Crippen molar-refractivity contribution >= 4 is 5.97 Å². The molecule has 0 aromatic carbocycles. The second-order valence-electron chi connectivity index (χ2n) is 4.61. The highest BCUT2D eigenvalue weighted by atomic mass is 16.6. The largest absolute Gasteiger partial charge is 0.462 e. The Hall–Kier alpha value is -0.610. The van der Waals surface area contributed by atoms with E-state index in [1.54, 1.807) is 0 Å². The van der Waals surface area contributed by atoms with Crippen molar-refractivity contribution in [2.75, 3.05) is 26.4 Å². The monoisotopic (exact) mass is 227 g/mol. The van der Waals surface area contributed by atoms with E-state index in [2.05, 4.69) is 5.32 Å². The first-order valence-electron chi connectivity index (χ1n) is 6.30. The average molecular weight is 227 g/mol. The van der Waals surface area contributed by atoms with Crippen LogP contribution in [0.5, 0.6) is 0 Å². The third-order valence-electron chi connectivity index (χ3n) is 3.68. The van der Waals surface area contributed by atoms with Gasteiger partial charge in [0.1, 0.15) is 12.6 Å². The van der Waals surface area contributed by atoms with Crippen molar-refractivity contribution in [1.82, 2.24) is 5.32 Å². The van der Waals surface area contributed by atoms with Crippen molar-refractivity contribution in [3.63, 3.8) is 0 Å². The average Bonchev–Trinajstić information content (AvgIpc) is 2.85. The molecule has 0 spiro atoms. The lowest BCUT2D eigenvalue weighted by atomic mass is 9.94. The molecule has 4 nitrogen and oxygen atoms in total. The lowest BCUT2D eigenvalue weighted by Gasteiger charge is -2.16. The molecule has 1 N–H and O–H groups in total. The van der Waals surface area contributed by atoms with Gasteiger partial charge < -0.3 is 14.8 Å². The molecule has 0 bridgehead atoms. The predicted octanol–water partition coefficient (Wildman–Crippen LogP) is 0.954. The number of hydrogen-bond acceptors (Lipinski definition) is 4. The summed E-state index contributed by atoms with van der Waals surface area (Å²) in [5.74, 6) is 1.12. The number of carbonyl (C=O) groups is 1. The molecule has 1 saturated heterocycles. The maximum Gasteiger partial charge on any atom is 0.323 e. The fourth-order valence-electron chi connectivity index (χ4n) is 2.88. The molecule has 0 amide bonds. The molecule has 0 aromatic rings. The maximum atomic E-state index is 11.8. The molecule has 2 fully saturated rings. The maximum absolute atomic E-state index is 11.8. The van der Waals surface area contributed by atoms with Crippen LogP contribution in [0.2, 0.25) is 0 Å². The van der Waals surface area contributed by atoms with Gasteiger partial charge in [0.15, 0.2) is 0 Å². The Morgan fingerprint density at radius 2 is 2.25 bits per heavy atom. The SMILES string of the molecule is CCOCCOC(=O)C1NCC2CCCC21. The van der Waals surface area contributed by atoms with E-state index in [-0.39, 0.29) is 12.0 Å². The van der Waals surface area contributed by atoms with Crippen LogP contribution in [-0.2, 0) is 14.3 Å². The van der Waals surface area contributed by atoms with E-state index in [4.69, 9.17) is 9.47 Å². The fraction of sp³-hybridized carbons (Fsp3) is 0.917. The molecule has 2 aliphatic rings. The zero-order chi connectivity index (χ0) is 11.4. The second-order valence-corrected chi connectivity index (χ2v) is 4.61. The molecule has 0 aromatic heterocycles. The van der Waals surface area contributed by atoms with Crippen molar-refractivity contribution < 1.29 is 14.3 Å². The van der Waals surface area contributed by atoms with Gasteiger partial charge in [0.2, 0.25) is 0 Å². The third-order valence-corrected chi connectivity index (χ3v) is 3.68. The van der Waals surface area contributed by atoms with Crippen LogP contribution in [0.25, 0.3) is 0 Å². The Kier molecular flexibility index (Phi) is 4.18. The first-order valence-corrected chi connectivity index (χ1v) is 6.30. The molecule has 2 rings (SSSR count). The van der Waals surface area contributed by atoms with Gasteiger partial charge in [-0.05, 0) is 38.1 Å². The van der Waals surface area contributed by atoms with E-state index >= 15 is 0 Å². The van der Waals surface area contributed by atoms with Gasteiger partial charge in [-0.15, -0.1) is 0 Å². The second kappa shape index (κ2) is 5.64. The molecule has 16 heavy (non-hydrogen) atoms. The van der Waals surface area contributed by atoms with Crippen LogP contribution in [0.15, 0.2) is 0 Å². The van der Waals surface area contributed by atoms with E-state index < -0.39 is 0 Å². The summed E-state index contributed by atoms with van der Waals surface area (Å²) in [6.45, 7) is 4.47. The Labute approximate surface area is 96.7 Å². The summed E-state index contributed by atoms with van der Waals surface area (Å²) >= 11 is 0. The van der Waals surface area contributed by atoms with Crippen LogP contribution in [0.4, 0.5) is 0 Å².